The van der Waals surface area contributed by atoms with Crippen molar-refractivity contribution in [2.24, 2.45) is 0 Å². The standard InChI is InChI=1S/C20H11ClN2OS2/c21-15-5-3-13(4-6-15)18-8-7-16(24-18)10-14(11-22)20-23-17(12-26-20)19-2-1-9-25-19/h1-10,12H/b14-10+. The zero-order valence-electron chi connectivity index (χ0n) is 13.3. The monoisotopic (exact) mass is 394 g/mol. The molecule has 0 saturated carbocycles. The largest absolute Gasteiger partial charge is 0.457 e. The summed E-state index contributed by atoms with van der Waals surface area (Å²) in [5.41, 5.74) is 2.30. The number of hydrogen-bond donors (Lipinski definition) is 0. The fourth-order valence-corrected chi connectivity index (χ4v) is 4.09. The predicted octanol–water partition coefficient (Wildman–Crippen LogP) is 6.85. The zero-order valence-corrected chi connectivity index (χ0v) is 15.7. The number of furan rings is 1. The molecule has 0 atom stereocenters. The van der Waals surface area contributed by atoms with Gasteiger partial charge in [-0.15, -0.1) is 22.7 Å². The normalized spacial score (nSPS) is 11.5. The average Bonchev–Trinajstić information content (AvgIpc) is 3.40. The molecule has 0 radical (unpaired) electrons. The van der Waals surface area contributed by atoms with Gasteiger partial charge in [0.2, 0.25) is 0 Å². The van der Waals surface area contributed by atoms with E-state index in [1.165, 1.54) is 11.3 Å². The second-order valence-corrected chi connectivity index (χ2v) is 7.64. The fourth-order valence-electron chi connectivity index (χ4n) is 2.42. The van der Waals surface area contributed by atoms with Crippen LogP contribution in [0.1, 0.15) is 10.8 Å². The Balaban J connectivity index is 1.62. The number of hydrogen-bond acceptors (Lipinski definition) is 5. The molecule has 126 valence electrons. The molecule has 0 N–H and O–H groups in total. The summed E-state index contributed by atoms with van der Waals surface area (Å²) in [7, 11) is 0. The highest BCUT2D eigenvalue weighted by atomic mass is 35.5. The van der Waals surface area contributed by atoms with Crippen LogP contribution >= 0.6 is 34.3 Å². The molecule has 3 nitrogen and oxygen atoms in total. The molecule has 4 rings (SSSR count). The van der Waals surface area contributed by atoms with Gasteiger partial charge >= 0.3 is 0 Å². The lowest BCUT2D eigenvalue weighted by molar-refractivity contribution is 0.572. The van der Waals surface area contributed by atoms with Crippen LogP contribution in [-0.2, 0) is 0 Å². The number of thiazole rings is 1. The van der Waals surface area contributed by atoms with Crippen LogP contribution in [0.5, 0.6) is 0 Å². The second-order valence-electron chi connectivity index (χ2n) is 5.39. The molecular weight excluding hydrogens is 384 g/mol. The van der Waals surface area contributed by atoms with Gasteiger partial charge in [0.25, 0.3) is 0 Å². The topological polar surface area (TPSA) is 49.8 Å². The molecule has 0 aliphatic heterocycles. The van der Waals surface area contributed by atoms with Gasteiger partial charge in [0.05, 0.1) is 16.1 Å². The highest BCUT2D eigenvalue weighted by Gasteiger charge is 2.11. The van der Waals surface area contributed by atoms with Crippen LogP contribution in [-0.4, -0.2) is 4.98 Å². The van der Waals surface area contributed by atoms with E-state index >= 15 is 0 Å². The summed E-state index contributed by atoms with van der Waals surface area (Å²) in [6.07, 6.45) is 1.72. The maximum absolute atomic E-state index is 9.53. The minimum atomic E-state index is 0.481. The number of nitrogens with zero attached hydrogens (tertiary/aromatic N) is 2. The van der Waals surface area contributed by atoms with Gasteiger partial charge < -0.3 is 4.42 Å². The molecule has 0 unspecified atom stereocenters. The van der Waals surface area contributed by atoms with Gasteiger partial charge in [-0.3, -0.25) is 0 Å². The third-order valence-corrected chi connectivity index (χ3v) is 5.69. The molecule has 0 bridgehead atoms. The van der Waals surface area contributed by atoms with Crippen LogP contribution in [0.4, 0.5) is 0 Å². The first-order chi connectivity index (χ1) is 12.7. The zero-order chi connectivity index (χ0) is 17.9. The van der Waals surface area contributed by atoms with E-state index in [1.807, 2.05) is 59.3 Å². The van der Waals surface area contributed by atoms with Gasteiger partial charge in [0.15, 0.2) is 0 Å². The van der Waals surface area contributed by atoms with E-state index in [4.69, 9.17) is 16.0 Å². The third kappa shape index (κ3) is 3.49. The van der Waals surface area contributed by atoms with Gasteiger partial charge in [0.1, 0.15) is 22.6 Å². The smallest absolute Gasteiger partial charge is 0.134 e. The van der Waals surface area contributed by atoms with Crippen molar-refractivity contribution in [1.29, 1.82) is 5.26 Å². The molecule has 0 aliphatic rings. The molecule has 3 aromatic heterocycles. The Morgan fingerprint density at radius 2 is 1.96 bits per heavy atom. The van der Waals surface area contributed by atoms with Crippen molar-refractivity contribution < 1.29 is 4.42 Å². The number of thiophene rings is 1. The van der Waals surface area contributed by atoms with Crippen molar-refractivity contribution in [3.05, 3.63) is 75.1 Å². The summed E-state index contributed by atoms with van der Waals surface area (Å²) in [6.45, 7) is 0. The summed E-state index contributed by atoms with van der Waals surface area (Å²) in [5.74, 6) is 1.34. The van der Waals surface area contributed by atoms with E-state index in [0.717, 1.165) is 21.9 Å². The molecule has 0 aliphatic carbocycles. The number of allylic oxidation sites excluding steroid dienone is 1. The summed E-state index contributed by atoms with van der Waals surface area (Å²) in [5, 5.41) is 14.9. The highest BCUT2D eigenvalue weighted by Crippen LogP contribution is 2.30. The van der Waals surface area contributed by atoms with Crippen molar-refractivity contribution in [2.45, 2.75) is 0 Å². The first kappa shape index (κ1) is 16.8. The predicted molar refractivity (Wildman–Crippen MR) is 108 cm³/mol. The SMILES string of the molecule is N#C/C(=C\c1ccc(-c2ccc(Cl)cc2)o1)c1nc(-c2cccs2)cs1. The van der Waals surface area contributed by atoms with Gasteiger partial charge in [-0.05, 0) is 47.8 Å². The van der Waals surface area contributed by atoms with E-state index in [0.29, 0.717) is 21.4 Å². The number of benzene rings is 1. The average molecular weight is 395 g/mol. The van der Waals surface area contributed by atoms with E-state index in [-0.39, 0.29) is 0 Å². The lowest BCUT2D eigenvalue weighted by Gasteiger charge is -1.97. The van der Waals surface area contributed by atoms with Crippen molar-refractivity contribution in [1.82, 2.24) is 4.98 Å². The molecule has 0 amide bonds. The summed E-state index contributed by atoms with van der Waals surface area (Å²) >= 11 is 9.00. The van der Waals surface area contributed by atoms with Crippen LogP contribution in [0.25, 0.3) is 33.5 Å². The third-order valence-electron chi connectivity index (χ3n) is 3.67. The molecule has 4 aromatic rings. The Bertz CT molecular complexity index is 1100. The van der Waals surface area contributed by atoms with Crippen LogP contribution in [0.3, 0.4) is 0 Å². The minimum absolute atomic E-state index is 0.481. The first-order valence-corrected chi connectivity index (χ1v) is 9.84. The lowest BCUT2D eigenvalue weighted by Crippen LogP contribution is -1.80. The first-order valence-electron chi connectivity index (χ1n) is 7.70. The maximum atomic E-state index is 9.53. The van der Waals surface area contributed by atoms with Crippen LogP contribution in [0, 0.1) is 11.3 Å². The van der Waals surface area contributed by atoms with Crippen LogP contribution < -0.4 is 0 Å². The van der Waals surface area contributed by atoms with E-state index in [2.05, 4.69) is 11.1 Å². The highest BCUT2D eigenvalue weighted by molar-refractivity contribution is 7.14. The fraction of sp³-hybridized carbons (Fsp3) is 0. The summed E-state index contributed by atoms with van der Waals surface area (Å²) in [6, 6.07) is 17.4. The minimum Gasteiger partial charge on any atom is -0.457 e. The van der Waals surface area contributed by atoms with Gasteiger partial charge in [0, 0.05) is 22.0 Å². The lowest BCUT2D eigenvalue weighted by atomic mass is 10.2. The second kappa shape index (κ2) is 7.30. The Kier molecular flexibility index (Phi) is 4.72. The van der Waals surface area contributed by atoms with E-state index in [1.54, 1.807) is 17.4 Å². The molecule has 3 heterocycles. The number of aromatic nitrogens is 1. The maximum Gasteiger partial charge on any atom is 0.134 e. The summed E-state index contributed by atoms with van der Waals surface area (Å²) < 4.78 is 5.85. The Morgan fingerprint density at radius 1 is 1.12 bits per heavy atom. The summed E-state index contributed by atoms with van der Waals surface area (Å²) in [4.78, 5) is 5.67. The van der Waals surface area contributed by atoms with Crippen molar-refractivity contribution >= 4 is 45.9 Å². The quantitative estimate of drug-likeness (QED) is 0.355. The van der Waals surface area contributed by atoms with Crippen molar-refractivity contribution in [3.63, 3.8) is 0 Å². The number of halogens is 1. The van der Waals surface area contributed by atoms with Gasteiger partial charge in [-0.25, -0.2) is 4.98 Å². The van der Waals surface area contributed by atoms with Crippen molar-refractivity contribution in [2.75, 3.05) is 0 Å². The van der Waals surface area contributed by atoms with Crippen LogP contribution in [0.15, 0.2) is 63.7 Å². The molecule has 0 fully saturated rings. The van der Waals surface area contributed by atoms with Gasteiger partial charge in [-0.2, -0.15) is 5.26 Å². The van der Waals surface area contributed by atoms with E-state index in [9.17, 15) is 5.26 Å². The molecular formula is C20H11ClN2OS2. The molecule has 26 heavy (non-hydrogen) atoms. The van der Waals surface area contributed by atoms with E-state index < -0.39 is 0 Å². The molecule has 1 aromatic carbocycles. The molecule has 0 spiro atoms. The Labute approximate surface area is 163 Å². The molecule has 0 saturated heterocycles. The number of rotatable bonds is 4. The van der Waals surface area contributed by atoms with Gasteiger partial charge in [-0.1, -0.05) is 17.7 Å². The van der Waals surface area contributed by atoms with Crippen molar-refractivity contribution in [3.8, 4) is 28.0 Å². The van der Waals surface area contributed by atoms with Crippen LogP contribution in [0.2, 0.25) is 5.02 Å². The number of nitriles is 1. The molecule has 6 heteroatoms. The Hall–Kier alpha value is -2.65. The Morgan fingerprint density at radius 3 is 2.69 bits per heavy atom.